The van der Waals surface area contributed by atoms with Crippen LogP contribution in [0.3, 0.4) is 0 Å². The normalized spacial score (nSPS) is 11.0. The maximum absolute atomic E-state index is 11.8. The number of imidazole rings is 1. The highest BCUT2D eigenvalue weighted by atomic mass is 16.5. The molecule has 98 valence electrons. The summed E-state index contributed by atoms with van der Waals surface area (Å²) in [5.41, 5.74) is 0.600. The van der Waals surface area contributed by atoms with Crippen molar-refractivity contribution in [3.63, 3.8) is 0 Å². The Kier molecular flexibility index (Phi) is 3.93. The van der Waals surface area contributed by atoms with Crippen molar-refractivity contribution in [1.82, 2.24) is 19.9 Å². The third-order valence-corrected chi connectivity index (χ3v) is 2.65. The Labute approximate surface area is 104 Å². The van der Waals surface area contributed by atoms with Crippen LogP contribution in [0.2, 0.25) is 0 Å². The van der Waals surface area contributed by atoms with E-state index in [9.17, 15) is 4.79 Å². The minimum Gasteiger partial charge on any atom is -0.364 e. The third kappa shape index (κ3) is 2.51. The number of methoxy groups -OCH3 is 1. The highest BCUT2D eigenvalue weighted by Crippen LogP contribution is 2.09. The Hall–Kier alpha value is -1.89. The molecule has 0 bridgehead atoms. The van der Waals surface area contributed by atoms with Gasteiger partial charge >= 0.3 is 0 Å². The van der Waals surface area contributed by atoms with Gasteiger partial charge in [0.15, 0.2) is 11.2 Å². The second kappa shape index (κ2) is 5.63. The van der Waals surface area contributed by atoms with Crippen LogP contribution in [0.15, 0.2) is 11.1 Å². The zero-order valence-electron chi connectivity index (χ0n) is 10.6. The lowest BCUT2D eigenvalue weighted by Crippen LogP contribution is -2.30. The number of hydrogen-bond donors (Lipinski definition) is 2. The van der Waals surface area contributed by atoms with Crippen molar-refractivity contribution in [1.29, 1.82) is 0 Å². The first-order valence-electron chi connectivity index (χ1n) is 5.93. The Morgan fingerprint density at radius 1 is 1.50 bits per heavy atom. The summed E-state index contributed by atoms with van der Waals surface area (Å²) in [6, 6.07) is 0. The SMILES string of the molecule is CCCCN(COC)c1nc2nc[nH]c2c(=O)[nH]1. The summed E-state index contributed by atoms with van der Waals surface area (Å²) < 4.78 is 5.12. The van der Waals surface area contributed by atoms with Gasteiger partial charge in [-0.15, -0.1) is 0 Å². The molecule has 0 fully saturated rings. The van der Waals surface area contributed by atoms with Crippen LogP contribution in [0, 0.1) is 0 Å². The van der Waals surface area contributed by atoms with E-state index in [2.05, 4.69) is 26.9 Å². The fraction of sp³-hybridized carbons (Fsp3) is 0.545. The molecule has 2 rings (SSSR count). The lowest BCUT2D eigenvalue weighted by Gasteiger charge is -2.21. The highest BCUT2D eigenvalue weighted by molar-refractivity contribution is 5.69. The van der Waals surface area contributed by atoms with Crippen molar-refractivity contribution in [3.05, 3.63) is 16.7 Å². The van der Waals surface area contributed by atoms with Crippen LogP contribution >= 0.6 is 0 Å². The number of aromatic nitrogens is 4. The van der Waals surface area contributed by atoms with Crippen molar-refractivity contribution in [2.75, 3.05) is 25.3 Å². The summed E-state index contributed by atoms with van der Waals surface area (Å²) in [6.07, 6.45) is 3.53. The first-order valence-corrected chi connectivity index (χ1v) is 5.93. The van der Waals surface area contributed by atoms with Gasteiger partial charge < -0.3 is 14.6 Å². The van der Waals surface area contributed by atoms with Gasteiger partial charge in [-0.25, -0.2) is 4.98 Å². The van der Waals surface area contributed by atoms with Gasteiger partial charge in [0.2, 0.25) is 5.95 Å². The highest BCUT2D eigenvalue weighted by Gasteiger charge is 2.11. The average Bonchev–Trinajstić information content (AvgIpc) is 2.83. The monoisotopic (exact) mass is 251 g/mol. The Morgan fingerprint density at radius 3 is 3.06 bits per heavy atom. The summed E-state index contributed by atoms with van der Waals surface area (Å²) in [7, 11) is 1.62. The molecule has 2 heterocycles. The van der Waals surface area contributed by atoms with Gasteiger partial charge in [-0.3, -0.25) is 9.78 Å². The maximum Gasteiger partial charge on any atom is 0.278 e. The van der Waals surface area contributed by atoms with Gasteiger partial charge in [-0.05, 0) is 6.42 Å². The zero-order chi connectivity index (χ0) is 13.0. The number of rotatable bonds is 6. The Morgan fingerprint density at radius 2 is 2.33 bits per heavy atom. The van der Waals surface area contributed by atoms with Crippen LogP contribution in [0.4, 0.5) is 5.95 Å². The molecule has 2 aromatic rings. The third-order valence-electron chi connectivity index (χ3n) is 2.65. The van der Waals surface area contributed by atoms with Crippen LogP contribution in [0.5, 0.6) is 0 Å². The zero-order valence-corrected chi connectivity index (χ0v) is 10.6. The van der Waals surface area contributed by atoms with E-state index in [1.165, 1.54) is 6.33 Å². The number of hydrogen-bond acceptors (Lipinski definition) is 5. The van der Waals surface area contributed by atoms with Gasteiger partial charge in [0, 0.05) is 13.7 Å². The second-order valence-electron chi connectivity index (χ2n) is 4.03. The number of H-pyrrole nitrogens is 2. The summed E-state index contributed by atoms with van der Waals surface area (Å²) in [4.78, 5) is 27.5. The molecule has 7 heteroatoms. The smallest absolute Gasteiger partial charge is 0.278 e. The Bertz CT molecular complexity index is 562. The number of nitrogens with zero attached hydrogens (tertiary/aromatic N) is 3. The molecule has 0 spiro atoms. The first kappa shape index (κ1) is 12.6. The van der Waals surface area contributed by atoms with E-state index >= 15 is 0 Å². The second-order valence-corrected chi connectivity index (χ2v) is 4.03. The van der Waals surface area contributed by atoms with Crippen LogP contribution in [-0.4, -0.2) is 40.3 Å². The van der Waals surface area contributed by atoms with Crippen molar-refractivity contribution in [2.45, 2.75) is 19.8 Å². The molecule has 0 amide bonds. The molecule has 0 radical (unpaired) electrons. The molecule has 0 unspecified atom stereocenters. The Balaban J connectivity index is 2.33. The molecule has 0 aliphatic rings. The number of aromatic amines is 2. The predicted octanol–water partition coefficient (Wildman–Crippen LogP) is 0.857. The molecule has 0 saturated heterocycles. The largest absolute Gasteiger partial charge is 0.364 e. The standard InChI is InChI=1S/C11H17N5O2/c1-3-4-5-16(7-18-2)11-14-9-8(10(17)15-11)12-6-13-9/h6H,3-5,7H2,1-2H3,(H2,12,13,14,15,17). The molecular weight excluding hydrogens is 234 g/mol. The molecule has 0 aromatic carbocycles. The van der Waals surface area contributed by atoms with E-state index in [-0.39, 0.29) is 5.56 Å². The summed E-state index contributed by atoms with van der Waals surface area (Å²) in [5.74, 6) is 0.495. The number of ether oxygens (including phenoxy) is 1. The number of anilines is 1. The van der Waals surface area contributed by atoms with Crippen LogP contribution < -0.4 is 10.5 Å². The van der Waals surface area contributed by atoms with Gasteiger partial charge in [0.05, 0.1) is 6.33 Å². The number of fused-ring (bicyclic) bond motifs is 1. The van der Waals surface area contributed by atoms with Crippen LogP contribution in [-0.2, 0) is 4.74 Å². The van der Waals surface area contributed by atoms with Gasteiger partial charge in [-0.2, -0.15) is 4.98 Å². The minimum atomic E-state index is -0.217. The average molecular weight is 251 g/mol. The molecule has 7 nitrogen and oxygen atoms in total. The van der Waals surface area contributed by atoms with E-state index in [1.54, 1.807) is 7.11 Å². The number of unbranched alkanes of at least 4 members (excludes halogenated alkanes) is 1. The molecule has 0 atom stereocenters. The van der Waals surface area contributed by atoms with E-state index < -0.39 is 0 Å². The lowest BCUT2D eigenvalue weighted by atomic mass is 10.3. The van der Waals surface area contributed by atoms with Gasteiger partial charge in [0.1, 0.15) is 6.73 Å². The maximum atomic E-state index is 11.8. The predicted molar refractivity (Wildman–Crippen MR) is 68.6 cm³/mol. The quantitative estimate of drug-likeness (QED) is 0.743. The van der Waals surface area contributed by atoms with E-state index in [0.29, 0.717) is 23.8 Å². The fourth-order valence-corrected chi connectivity index (χ4v) is 1.72. The first-order chi connectivity index (χ1) is 8.76. The molecule has 0 saturated carbocycles. The summed E-state index contributed by atoms with van der Waals surface area (Å²) in [5, 5.41) is 0. The van der Waals surface area contributed by atoms with Crippen LogP contribution in [0.1, 0.15) is 19.8 Å². The van der Waals surface area contributed by atoms with Gasteiger partial charge in [-0.1, -0.05) is 13.3 Å². The fourth-order valence-electron chi connectivity index (χ4n) is 1.72. The molecule has 2 N–H and O–H groups in total. The van der Waals surface area contributed by atoms with Crippen molar-refractivity contribution in [3.8, 4) is 0 Å². The van der Waals surface area contributed by atoms with Crippen molar-refractivity contribution >= 4 is 17.1 Å². The van der Waals surface area contributed by atoms with Crippen molar-refractivity contribution < 1.29 is 4.74 Å². The molecule has 0 aliphatic heterocycles. The molecule has 18 heavy (non-hydrogen) atoms. The summed E-state index contributed by atoms with van der Waals surface area (Å²) in [6.45, 7) is 3.28. The molecule has 0 aliphatic carbocycles. The minimum absolute atomic E-state index is 0.217. The van der Waals surface area contributed by atoms with E-state index in [1.807, 2.05) is 4.90 Å². The molecular formula is C11H17N5O2. The lowest BCUT2D eigenvalue weighted by molar-refractivity contribution is 0.195. The number of nitrogens with one attached hydrogen (secondary N) is 2. The molecule has 2 aromatic heterocycles. The van der Waals surface area contributed by atoms with Gasteiger partial charge in [0.25, 0.3) is 5.56 Å². The van der Waals surface area contributed by atoms with Crippen LogP contribution in [0.25, 0.3) is 11.2 Å². The topological polar surface area (TPSA) is 86.9 Å². The van der Waals surface area contributed by atoms with E-state index in [4.69, 9.17) is 4.74 Å². The summed E-state index contributed by atoms with van der Waals surface area (Å²) >= 11 is 0. The van der Waals surface area contributed by atoms with Crippen molar-refractivity contribution in [2.24, 2.45) is 0 Å². The van der Waals surface area contributed by atoms with E-state index in [0.717, 1.165) is 19.4 Å².